The summed E-state index contributed by atoms with van der Waals surface area (Å²) in [5.74, 6) is -0.529. The van der Waals surface area contributed by atoms with Crippen molar-refractivity contribution < 1.29 is 9.59 Å². The molecule has 2 amide bonds. The number of nitrogens with zero attached hydrogens (tertiary/aromatic N) is 3. The summed E-state index contributed by atoms with van der Waals surface area (Å²) in [5, 5.41) is 0.769. The molecule has 22 heavy (non-hydrogen) atoms. The minimum atomic E-state index is -0.482. The highest BCUT2D eigenvalue weighted by Gasteiger charge is 2.31. The van der Waals surface area contributed by atoms with E-state index >= 15 is 0 Å². The molecule has 0 radical (unpaired) electrons. The van der Waals surface area contributed by atoms with Crippen molar-refractivity contribution in [1.82, 2.24) is 14.9 Å². The van der Waals surface area contributed by atoms with Gasteiger partial charge in [-0.15, -0.1) is 11.3 Å². The fraction of sp³-hybridized carbons (Fsp3) is 0.333. The van der Waals surface area contributed by atoms with Crippen LogP contribution in [0.2, 0.25) is 0 Å². The Morgan fingerprint density at radius 3 is 2.86 bits per heavy atom. The van der Waals surface area contributed by atoms with Crippen molar-refractivity contribution >= 4 is 23.2 Å². The van der Waals surface area contributed by atoms with Crippen LogP contribution >= 0.6 is 11.3 Å². The summed E-state index contributed by atoms with van der Waals surface area (Å²) in [5.41, 5.74) is 5.86. The van der Waals surface area contributed by atoms with Gasteiger partial charge >= 0.3 is 0 Å². The largest absolute Gasteiger partial charge is 0.365 e. The van der Waals surface area contributed by atoms with Gasteiger partial charge in [-0.05, 0) is 31.4 Å². The lowest BCUT2D eigenvalue weighted by atomic mass is 10.0. The first-order valence-electron chi connectivity index (χ1n) is 7.13. The van der Waals surface area contributed by atoms with Crippen molar-refractivity contribution in [3.8, 4) is 0 Å². The van der Waals surface area contributed by atoms with E-state index in [1.165, 1.54) is 17.5 Å². The Balaban J connectivity index is 1.87. The van der Waals surface area contributed by atoms with Gasteiger partial charge in [0.15, 0.2) is 0 Å². The standard InChI is InChI=1S/C15H16N4O2S/c16-13(20)12-9-18-14(22-12)11-5-1-2-7-19(11)15(21)10-4-3-6-17-8-10/h3-4,6,8-9,11H,1-2,5,7H2,(H2,16,20)/t11-/m1/s1. The molecule has 2 N–H and O–H groups in total. The van der Waals surface area contributed by atoms with E-state index in [0.717, 1.165) is 24.3 Å². The van der Waals surface area contributed by atoms with Crippen LogP contribution in [0.3, 0.4) is 0 Å². The number of carbonyl (C=O) groups excluding carboxylic acids is 2. The molecule has 0 spiro atoms. The number of carbonyl (C=O) groups is 2. The maximum atomic E-state index is 12.7. The first-order valence-corrected chi connectivity index (χ1v) is 7.95. The van der Waals surface area contributed by atoms with E-state index in [9.17, 15) is 9.59 Å². The molecule has 1 saturated heterocycles. The van der Waals surface area contributed by atoms with Gasteiger partial charge in [0.2, 0.25) is 0 Å². The number of aromatic nitrogens is 2. The third-order valence-corrected chi connectivity index (χ3v) is 4.84. The van der Waals surface area contributed by atoms with Gasteiger partial charge in [-0.2, -0.15) is 0 Å². The van der Waals surface area contributed by atoms with Gasteiger partial charge in [-0.25, -0.2) is 4.98 Å². The van der Waals surface area contributed by atoms with E-state index in [1.807, 2.05) is 4.90 Å². The molecule has 0 unspecified atom stereocenters. The third kappa shape index (κ3) is 2.85. The monoisotopic (exact) mass is 316 g/mol. The molecule has 6 nitrogen and oxygen atoms in total. The molecule has 1 aliphatic heterocycles. The van der Waals surface area contributed by atoms with Crippen molar-refractivity contribution in [1.29, 1.82) is 0 Å². The van der Waals surface area contributed by atoms with Crippen LogP contribution < -0.4 is 5.73 Å². The Hall–Kier alpha value is -2.28. The van der Waals surface area contributed by atoms with Gasteiger partial charge < -0.3 is 10.6 Å². The second-order valence-corrected chi connectivity index (χ2v) is 6.24. The number of pyridine rings is 1. The zero-order chi connectivity index (χ0) is 15.5. The topological polar surface area (TPSA) is 89.2 Å². The molecule has 3 heterocycles. The number of likely N-dealkylation sites (tertiary alicyclic amines) is 1. The molecule has 114 valence electrons. The maximum absolute atomic E-state index is 12.7. The van der Waals surface area contributed by atoms with Crippen molar-refractivity contribution in [2.75, 3.05) is 6.54 Å². The minimum absolute atomic E-state index is 0.0476. The predicted octanol–water partition coefficient (Wildman–Crippen LogP) is 2.00. The summed E-state index contributed by atoms with van der Waals surface area (Å²) >= 11 is 1.27. The molecule has 1 aliphatic rings. The zero-order valence-electron chi connectivity index (χ0n) is 11.9. The number of amides is 2. The molecule has 2 aromatic rings. The average Bonchev–Trinajstić information content (AvgIpc) is 3.05. The summed E-state index contributed by atoms with van der Waals surface area (Å²) in [7, 11) is 0. The number of thiazole rings is 1. The second-order valence-electron chi connectivity index (χ2n) is 5.18. The average molecular weight is 316 g/mol. The molecule has 1 fully saturated rings. The third-order valence-electron chi connectivity index (χ3n) is 3.72. The Morgan fingerprint density at radius 2 is 2.18 bits per heavy atom. The van der Waals surface area contributed by atoms with Crippen LogP contribution in [0.4, 0.5) is 0 Å². The predicted molar refractivity (Wildman–Crippen MR) is 82.5 cm³/mol. The van der Waals surface area contributed by atoms with Gasteiger partial charge in [0.05, 0.1) is 17.8 Å². The number of piperidine rings is 1. The van der Waals surface area contributed by atoms with Gasteiger partial charge in [0.1, 0.15) is 9.88 Å². The number of primary amides is 1. The Labute approximate surface area is 132 Å². The Bertz CT molecular complexity index is 686. The number of nitrogens with two attached hydrogens (primary N) is 1. The van der Waals surface area contributed by atoms with E-state index in [4.69, 9.17) is 5.73 Å². The molecule has 3 rings (SSSR count). The van der Waals surface area contributed by atoms with Crippen molar-refractivity contribution in [3.05, 3.63) is 46.2 Å². The molecule has 7 heteroatoms. The first-order chi connectivity index (χ1) is 10.7. The van der Waals surface area contributed by atoms with Gasteiger partial charge in [0.25, 0.3) is 11.8 Å². The van der Waals surface area contributed by atoms with Crippen LogP contribution in [-0.2, 0) is 0 Å². The van der Waals surface area contributed by atoms with E-state index in [1.54, 1.807) is 24.5 Å². The Morgan fingerprint density at radius 1 is 1.32 bits per heavy atom. The Kier molecular flexibility index (Phi) is 4.15. The highest BCUT2D eigenvalue weighted by molar-refractivity contribution is 7.13. The van der Waals surface area contributed by atoms with Gasteiger partial charge in [-0.3, -0.25) is 14.6 Å². The van der Waals surface area contributed by atoms with Gasteiger partial charge in [0, 0.05) is 18.9 Å². The quantitative estimate of drug-likeness (QED) is 0.938. The van der Waals surface area contributed by atoms with E-state index in [0.29, 0.717) is 17.0 Å². The summed E-state index contributed by atoms with van der Waals surface area (Å²) in [6.07, 6.45) is 7.56. The van der Waals surface area contributed by atoms with Crippen molar-refractivity contribution in [2.45, 2.75) is 25.3 Å². The lowest BCUT2D eigenvalue weighted by Gasteiger charge is -2.34. The summed E-state index contributed by atoms with van der Waals surface area (Å²) in [6, 6.07) is 3.41. The fourth-order valence-corrected chi connectivity index (χ4v) is 3.56. The number of rotatable bonds is 3. The normalized spacial score (nSPS) is 18.2. The van der Waals surface area contributed by atoms with Crippen LogP contribution in [0.1, 0.15) is 50.3 Å². The molecule has 0 saturated carbocycles. The maximum Gasteiger partial charge on any atom is 0.260 e. The lowest BCUT2D eigenvalue weighted by Crippen LogP contribution is -2.38. The van der Waals surface area contributed by atoms with Gasteiger partial charge in [-0.1, -0.05) is 0 Å². The first kappa shape index (κ1) is 14.6. The van der Waals surface area contributed by atoms with Crippen molar-refractivity contribution in [3.63, 3.8) is 0 Å². The molecular formula is C15H16N4O2S. The molecule has 0 aliphatic carbocycles. The summed E-state index contributed by atoms with van der Waals surface area (Å²) in [6.45, 7) is 0.684. The SMILES string of the molecule is NC(=O)c1cnc([C@H]2CCCCN2C(=O)c2cccnc2)s1. The molecule has 0 aromatic carbocycles. The minimum Gasteiger partial charge on any atom is -0.365 e. The summed E-state index contributed by atoms with van der Waals surface area (Å²) in [4.78, 5) is 34.5. The van der Waals surface area contributed by atoms with E-state index in [2.05, 4.69) is 9.97 Å². The van der Waals surface area contributed by atoms with E-state index in [-0.39, 0.29) is 11.9 Å². The lowest BCUT2D eigenvalue weighted by molar-refractivity contribution is 0.0610. The highest BCUT2D eigenvalue weighted by Crippen LogP contribution is 2.34. The number of hydrogen-bond donors (Lipinski definition) is 1. The zero-order valence-corrected chi connectivity index (χ0v) is 12.8. The smallest absolute Gasteiger partial charge is 0.260 e. The molecule has 0 bridgehead atoms. The van der Waals surface area contributed by atoms with Crippen LogP contribution in [0.15, 0.2) is 30.7 Å². The summed E-state index contributed by atoms with van der Waals surface area (Å²) < 4.78 is 0. The molecule has 2 aromatic heterocycles. The fourth-order valence-electron chi connectivity index (χ4n) is 2.64. The van der Waals surface area contributed by atoms with Crippen LogP contribution in [0.5, 0.6) is 0 Å². The highest BCUT2D eigenvalue weighted by atomic mass is 32.1. The number of hydrogen-bond acceptors (Lipinski definition) is 5. The molecular weight excluding hydrogens is 300 g/mol. The van der Waals surface area contributed by atoms with Crippen LogP contribution in [0, 0.1) is 0 Å². The van der Waals surface area contributed by atoms with Crippen LogP contribution in [-0.4, -0.2) is 33.2 Å². The van der Waals surface area contributed by atoms with Crippen LogP contribution in [0.25, 0.3) is 0 Å². The second kappa shape index (κ2) is 6.23. The van der Waals surface area contributed by atoms with E-state index < -0.39 is 5.91 Å². The molecule has 1 atom stereocenters. The van der Waals surface area contributed by atoms with Crippen molar-refractivity contribution in [2.24, 2.45) is 5.73 Å².